The van der Waals surface area contributed by atoms with Crippen molar-refractivity contribution in [2.75, 3.05) is 21.1 Å². The molecule has 0 aromatic rings. The lowest BCUT2D eigenvalue weighted by Crippen LogP contribution is -2.59. The summed E-state index contributed by atoms with van der Waals surface area (Å²) in [7, 11) is 6.61. The Morgan fingerprint density at radius 1 is 1.29 bits per heavy atom. The number of rotatable bonds is 6. The van der Waals surface area contributed by atoms with Gasteiger partial charge in [0.2, 0.25) is 0 Å². The van der Waals surface area contributed by atoms with E-state index in [2.05, 4.69) is 44.9 Å². The van der Waals surface area contributed by atoms with Gasteiger partial charge < -0.3 is 10.2 Å². The van der Waals surface area contributed by atoms with Gasteiger partial charge in [0.15, 0.2) is 0 Å². The smallest absolute Gasteiger partial charge is 0.0356 e. The molecule has 17 heavy (non-hydrogen) atoms. The normalized spacial score (nSPS) is 21.5. The monoisotopic (exact) mass is 238 g/mol. The van der Waals surface area contributed by atoms with E-state index in [1.807, 2.05) is 0 Å². The lowest BCUT2D eigenvalue weighted by molar-refractivity contribution is 0.0566. The maximum Gasteiger partial charge on any atom is 0.0356 e. The molecule has 0 saturated heterocycles. The largest absolute Gasteiger partial charge is 0.315 e. The van der Waals surface area contributed by atoms with Crippen LogP contribution in [0.25, 0.3) is 0 Å². The fraction of sp³-hybridized carbons (Fsp3) is 0.867. The molecule has 1 aliphatic carbocycles. The standard InChI is InChI=1S/C15H30N2/c1-13(2)9-10-14(16-3)15(17(4)5)11-7-6-8-12-15/h14,16H,1,6-12H2,2-5H3. The van der Waals surface area contributed by atoms with Crippen molar-refractivity contribution in [1.29, 1.82) is 0 Å². The van der Waals surface area contributed by atoms with Crippen molar-refractivity contribution in [2.45, 2.75) is 63.5 Å². The van der Waals surface area contributed by atoms with Crippen LogP contribution in [0, 0.1) is 0 Å². The van der Waals surface area contributed by atoms with Crippen LogP contribution in [0.15, 0.2) is 12.2 Å². The Labute approximate surface area is 107 Å². The molecule has 0 aromatic carbocycles. The highest BCUT2D eigenvalue weighted by Crippen LogP contribution is 2.36. The van der Waals surface area contributed by atoms with Gasteiger partial charge in [-0.05, 0) is 53.8 Å². The first-order valence-corrected chi connectivity index (χ1v) is 7.02. The number of likely N-dealkylation sites (N-methyl/N-ethyl adjacent to an activating group) is 2. The van der Waals surface area contributed by atoms with E-state index in [4.69, 9.17) is 0 Å². The average molecular weight is 238 g/mol. The molecule has 0 heterocycles. The third kappa shape index (κ3) is 3.56. The summed E-state index contributed by atoms with van der Waals surface area (Å²) in [6, 6.07) is 0.592. The third-order valence-electron chi connectivity index (χ3n) is 4.47. The molecule has 0 aromatic heterocycles. The molecule has 0 radical (unpaired) electrons. The van der Waals surface area contributed by atoms with Gasteiger partial charge in [0, 0.05) is 11.6 Å². The van der Waals surface area contributed by atoms with Crippen LogP contribution in [0.2, 0.25) is 0 Å². The summed E-state index contributed by atoms with van der Waals surface area (Å²) >= 11 is 0. The molecule has 2 heteroatoms. The maximum absolute atomic E-state index is 4.03. The van der Waals surface area contributed by atoms with Crippen LogP contribution < -0.4 is 5.32 Å². The fourth-order valence-corrected chi connectivity index (χ4v) is 3.34. The molecule has 1 saturated carbocycles. The van der Waals surface area contributed by atoms with E-state index >= 15 is 0 Å². The second kappa shape index (κ2) is 6.55. The number of nitrogens with zero attached hydrogens (tertiary/aromatic N) is 1. The van der Waals surface area contributed by atoms with Gasteiger partial charge >= 0.3 is 0 Å². The van der Waals surface area contributed by atoms with Crippen LogP contribution in [-0.2, 0) is 0 Å². The first-order chi connectivity index (χ1) is 8.03. The van der Waals surface area contributed by atoms with Crippen molar-refractivity contribution < 1.29 is 0 Å². The van der Waals surface area contributed by atoms with Gasteiger partial charge in [-0.1, -0.05) is 24.8 Å². The van der Waals surface area contributed by atoms with E-state index in [9.17, 15) is 0 Å². The van der Waals surface area contributed by atoms with Crippen LogP contribution in [0.4, 0.5) is 0 Å². The maximum atomic E-state index is 4.03. The van der Waals surface area contributed by atoms with E-state index in [0.717, 1.165) is 6.42 Å². The molecule has 2 nitrogen and oxygen atoms in total. The molecule has 1 atom stereocenters. The van der Waals surface area contributed by atoms with E-state index in [0.29, 0.717) is 11.6 Å². The molecular weight excluding hydrogens is 208 g/mol. The van der Waals surface area contributed by atoms with Crippen molar-refractivity contribution in [3.63, 3.8) is 0 Å². The Morgan fingerprint density at radius 2 is 1.88 bits per heavy atom. The molecule has 1 rings (SSSR count). The quantitative estimate of drug-likeness (QED) is 0.715. The van der Waals surface area contributed by atoms with Crippen LogP contribution in [-0.4, -0.2) is 37.6 Å². The highest BCUT2D eigenvalue weighted by atomic mass is 15.2. The predicted octanol–water partition coefficient (Wildman–Crippen LogP) is 3.20. The summed E-state index contributed by atoms with van der Waals surface area (Å²) in [6.07, 6.45) is 9.19. The van der Waals surface area contributed by atoms with Crippen molar-refractivity contribution in [3.05, 3.63) is 12.2 Å². The highest BCUT2D eigenvalue weighted by molar-refractivity contribution is 5.02. The number of nitrogens with one attached hydrogen (secondary N) is 1. The van der Waals surface area contributed by atoms with Gasteiger partial charge in [0.25, 0.3) is 0 Å². The van der Waals surface area contributed by atoms with Crippen LogP contribution in [0.1, 0.15) is 51.9 Å². The van der Waals surface area contributed by atoms with Gasteiger partial charge in [-0.3, -0.25) is 0 Å². The number of hydrogen-bond acceptors (Lipinski definition) is 2. The predicted molar refractivity (Wildman–Crippen MR) is 76.4 cm³/mol. The number of hydrogen-bond donors (Lipinski definition) is 1. The first kappa shape index (κ1) is 14.7. The van der Waals surface area contributed by atoms with Crippen LogP contribution in [0.5, 0.6) is 0 Å². The van der Waals surface area contributed by atoms with Crippen LogP contribution >= 0.6 is 0 Å². The van der Waals surface area contributed by atoms with Gasteiger partial charge in [0.05, 0.1) is 0 Å². The molecule has 100 valence electrons. The fourth-order valence-electron chi connectivity index (χ4n) is 3.34. The summed E-state index contributed by atoms with van der Waals surface area (Å²) in [5, 5.41) is 3.57. The zero-order valence-electron chi connectivity index (χ0n) is 12.2. The minimum atomic E-state index is 0.364. The van der Waals surface area contributed by atoms with E-state index in [-0.39, 0.29) is 0 Å². The topological polar surface area (TPSA) is 15.3 Å². The Morgan fingerprint density at radius 3 is 2.29 bits per heavy atom. The third-order valence-corrected chi connectivity index (χ3v) is 4.47. The summed E-state index contributed by atoms with van der Waals surface area (Å²) in [5.41, 5.74) is 1.66. The van der Waals surface area contributed by atoms with Gasteiger partial charge in [0.1, 0.15) is 0 Å². The van der Waals surface area contributed by atoms with Crippen LogP contribution in [0.3, 0.4) is 0 Å². The zero-order valence-corrected chi connectivity index (χ0v) is 12.2. The molecule has 0 spiro atoms. The molecule has 0 amide bonds. The molecule has 1 unspecified atom stereocenters. The lowest BCUT2D eigenvalue weighted by atomic mass is 9.73. The Balaban J connectivity index is 2.74. The Hall–Kier alpha value is -0.340. The van der Waals surface area contributed by atoms with Crippen molar-refractivity contribution in [1.82, 2.24) is 10.2 Å². The molecule has 1 aliphatic rings. The van der Waals surface area contributed by atoms with Crippen molar-refractivity contribution in [2.24, 2.45) is 0 Å². The number of allylic oxidation sites excluding steroid dienone is 1. The first-order valence-electron chi connectivity index (χ1n) is 7.02. The van der Waals surface area contributed by atoms with Gasteiger partial charge in [-0.25, -0.2) is 0 Å². The average Bonchev–Trinajstić information content (AvgIpc) is 2.30. The zero-order chi connectivity index (χ0) is 12.9. The van der Waals surface area contributed by atoms with Crippen molar-refractivity contribution in [3.8, 4) is 0 Å². The second-order valence-electron chi connectivity index (χ2n) is 5.90. The minimum absolute atomic E-state index is 0.364. The van der Waals surface area contributed by atoms with Gasteiger partial charge in [-0.15, -0.1) is 6.58 Å². The Kier molecular flexibility index (Phi) is 5.68. The van der Waals surface area contributed by atoms with E-state index < -0.39 is 0 Å². The lowest BCUT2D eigenvalue weighted by Gasteiger charge is -2.48. The van der Waals surface area contributed by atoms with E-state index in [1.165, 1.54) is 44.1 Å². The second-order valence-corrected chi connectivity index (χ2v) is 5.90. The molecular formula is C15H30N2. The minimum Gasteiger partial charge on any atom is -0.315 e. The van der Waals surface area contributed by atoms with Crippen molar-refractivity contribution >= 4 is 0 Å². The molecule has 1 N–H and O–H groups in total. The molecule has 0 aliphatic heterocycles. The van der Waals surface area contributed by atoms with E-state index in [1.54, 1.807) is 0 Å². The molecule has 1 fully saturated rings. The molecule has 0 bridgehead atoms. The summed E-state index contributed by atoms with van der Waals surface area (Å²) in [5.74, 6) is 0. The van der Waals surface area contributed by atoms with Gasteiger partial charge in [-0.2, -0.15) is 0 Å². The summed E-state index contributed by atoms with van der Waals surface area (Å²) in [6.45, 7) is 6.17. The SMILES string of the molecule is C=C(C)CCC(NC)C1(N(C)C)CCCCC1. The summed E-state index contributed by atoms with van der Waals surface area (Å²) < 4.78 is 0. The highest BCUT2D eigenvalue weighted by Gasteiger charge is 2.40. The Bertz CT molecular complexity index is 239. The summed E-state index contributed by atoms with van der Waals surface area (Å²) in [4.78, 5) is 2.46.